The van der Waals surface area contributed by atoms with E-state index in [2.05, 4.69) is 6.58 Å². The molecule has 32 heavy (non-hydrogen) atoms. The first kappa shape index (κ1) is 21.5. The summed E-state index contributed by atoms with van der Waals surface area (Å²) in [6, 6.07) is 3.80. The summed E-state index contributed by atoms with van der Waals surface area (Å²) >= 11 is 0. The van der Waals surface area contributed by atoms with Gasteiger partial charge >= 0.3 is 0 Å². The van der Waals surface area contributed by atoms with Crippen LogP contribution in [0.15, 0.2) is 51.9 Å². The molecule has 0 bridgehead atoms. The van der Waals surface area contributed by atoms with Crippen molar-refractivity contribution in [3.8, 4) is 34.1 Å². The molecule has 4 rings (SSSR count). The minimum Gasteiger partial charge on any atom is -0.508 e. The van der Waals surface area contributed by atoms with Gasteiger partial charge in [0.15, 0.2) is 5.58 Å². The lowest BCUT2D eigenvalue weighted by molar-refractivity contribution is 0.137. The van der Waals surface area contributed by atoms with Gasteiger partial charge in [-0.15, -0.1) is 6.58 Å². The zero-order valence-electron chi connectivity index (χ0n) is 18.0. The third-order valence-corrected chi connectivity index (χ3v) is 5.38. The molecule has 0 saturated heterocycles. The van der Waals surface area contributed by atoms with Gasteiger partial charge in [-0.1, -0.05) is 5.57 Å². The summed E-state index contributed by atoms with van der Waals surface area (Å²) in [6.07, 6.45) is 3.65. The maximum atomic E-state index is 13.4. The highest BCUT2D eigenvalue weighted by molar-refractivity contribution is 5.96. The number of aliphatic hydroxyl groups excluding tert-OH is 1. The Labute approximate surface area is 184 Å². The van der Waals surface area contributed by atoms with Gasteiger partial charge in [-0.25, -0.2) is 0 Å². The number of aliphatic hydroxyl groups is 1. The summed E-state index contributed by atoms with van der Waals surface area (Å²) < 4.78 is 11.8. The van der Waals surface area contributed by atoms with Gasteiger partial charge in [-0.3, -0.25) is 4.79 Å². The molecule has 7 heteroatoms. The van der Waals surface area contributed by atoms with E-state index in [0.717, 1.165) is 12.3 Å². The largest absolute Gasteiger partial charge is 0.508 e. The molecular weight excluding hydrogens is 412 g/mol. The minimum absolute atomic E-state index is 0.00637. The van der Waals surface area contributed by atoms with Crippen LogP contribution >= 0.6 is 0 Å². The third kappa shape index (κ3) is 3.50. The molecule has 0 saturated carbocycles. The second-order valence-corrected chi connectivity index (χ2v) is 8.61. The summed E-state index contributed by atoms with van der Waals surface area (Å²) in [6.45, 7) is 9.27. The Balaban J connectivity index is 2.08. The molecule has 0 spiro atoms. The van der Waals surface area contributed by atoms with Crippen molar-refractivity contribution in [2.24, 2.45) is 0 Å². The zero-order chi connectivity index (χ0) is 23.4. The number of rotatable bonds is 4. The lowest BCUT2D eigenvalue weighted by Crippen LogP contribution is -2.29. The first-order valence-electron chi connectivity index (χ1n) is 10.1. The Morgan fingerprint density at radius 2 is 1.91 bits per heavy atom. The van der Waals surface area contributed by atoms with Crippen molar-refractivity contribution in [2.45, 2.75) is 38.9 Å². The van der Waals surface area contributed by atoms with Crippen LogP contribution in [0.3, 0.4) is 0 Å². The van der Waals surface area contributed by atoms with Gasteiger partial charge in [-0.05, 0) is 51.5 Å². The summed E-state index contributed by atoms with van der Waals surface area (Å²) in [5.74, 6) is -0.591. The summed E-state index contributed by atoms with van der Waals surface area (Å²) in [7, 11) is 0. The molecule has 7 nitrogen and oxygen atoms in total. The number of hydrogen-bond acceptors (Lipinski definition) is 7. The van der Waals surface area contributed by atoms with Crippen LogP contribution in [0.5, 0.6) is 23.0 Å². The summed E-state index contributed by atoms with van der Waals surface area (Å²) in [4.78, 5) is 13.4. The lowest BCUT2D eigenvalue weighted by atomic mass is 9.91. The number of hydrogen-bond donors (Lipinski definition) is 4. The van der Waals surface area contributed by atoms with Gasteiger partial charge in [0, 0.05) is 11.6 Å². The highest BCUT2D eigenvalue weighted by Gasteiger charge is 2.33. The quantitative estimate of drug-likeness (QED) is 0.435. The molecule has 2 aromatic carbocycles. The number of aromatic hydroxyl groups is 3. The third-order valence-electron chi connectivity index (χ3n) is 5.38. The fraction of sp³-hybridized carbons (Fsp3) is 0.240. The van der Waals surface area contributed by atoms with Crippen molar-refractivity contribution in [1.29, 1.82) is 0 Å². The van der Waals surface area contributed by atoms with Crippen molar-refractivity contribution < 1.29 is 29.6 Å². The van der Waals surface area contributed by atoms with Crippen LogP contribution in [0.1, 0.15) is 44.4 Å². The minimum atomic E-state index is -1.09. The Kier molecular flexibility index (Phi) is 5.02. The van der Waals surface area contributed by atoms with Crippen molar-refractivity contribution in [2.75, 3.05) is 0 Å². The fourth-order valence-electron chi connectivity index (χ4n) is 3.89. The topological polar surface area (TPSA) is 120 Å². The Hall–Kier alpha value is -3.71. The van der Waals surface area contributed by atoms with Crippen molar-refractivity contribution in [1.82, 2.24) is 0 Å². The van der Waals surface area contributed by atoms with Crippen LogP contribution in [-0.2, 0) is 0 Å². The second-order valence-electron chi connectivity index (χ2n) is 8.61. The molecule has 1 aliphatic rings. The van der Waals surface area contributed by atoms with Crippen molar-refractivity contribution in [3.05, 3.63) is 64.0 Å². The average Bonchev–Trinajstić information content (AvgIpc) is 2.67. The van der Waals surface area contributed by atoms with E-state index < -0.39 is 17.1 Å². The van der Waals surface area contributed by atoms with Gasteiger partial charge in [0.2, 0.25) is 5.43 Å². The van der Waals surface area contributed by atoms with Gasteiger partial charge < -0.3 is 29.6 Å². The first-order valence-corrected chi connectivity index (χ1v) is 10.1. The van der Waals surface area contributed by atoms with Crippen LogP contribution in [-0.4, -0.2) is 26.0 Å². The maximum absolute atomic E-state index is 13.4. The van der Waals surface area contributed by atoms with E-state index in [1.165, 1.54) is 12.1 Å². The molecule has 1 aromatic heterocycles. The number of phenols is 3. The fourth-order valence-corrected chi connectivity index (χ4v) is 3.89. The standard InChI is InChI=1S/C25H24O7/c1-12(2)9-18(28)19-23-15(7-8-25(3,4)32-23)21(29)20-22(30)16(11-31-24(19)20)14-6-5-13(26)10-17(14)27/h5-8,10-11,18,26-29H,1,9H2,2-4H3/t18-/m1/s1. The van der Waals surface area contributed by atoms with Crippen molar-refractivity contribution >= 4 is 17.0 Å². The van der Waals surface area contributed by atoms with Crippen LogP contribution in [0, 0.1) is 0 Å². The Bertz CT molecular complexity index is 1340. The van der Waals surface area contributed by atoms with Gasteiger partial charge in [0.1, 0.15) is 40.2 Å². The SMILES string of the molecule is C=C(C)C[C@@H](O)c1c2c(c(O)c3c(=O)c(-c4ccc(O)cc4O)coc13)C=CC(C)(C)O2. The van der Waals surface area contributed by atoms with E-state index in [9.17, 15) is 25.2 Å². The summed E-state index contributed by atoms with van der Waals surface area (Å²) in [5.41, 5.74) is 0.0229. The number of phenolic OH excluding ortho intramolecular Hbond substituents is 3. The van der Waals surface area contributed by atoms with Gasteiger partial charge in [0.25, 0.3) is 0 Å². The second kappa shape index (κ2) is 7.46. The molecule has 0 amide bonds. The molecular formula is C25H24O7. The van der Waals surface area contributed by atoms with Gasteiger partial charge in [-0.2, -0.15) is 0 Å². The maximum Gasteiger partial charge on any atom is 0.204 e. The number of ether oxygens (including phenoxy) is 1. The molecule has 0 radical (unpaired) electrons. The van der Waals surface area contributed by atoms with Crippen molar-refractivity contribution in [3.63, 3.8) is 0 Å². The predicted molar refractivity (Wildman–Crippen MR) is 121 cm³/mol. The lowest BCUT2D eigenvalue weighted by Gasteiger charge is -2.31. The highest BCUT2D eigenvalue weighted by atomic mass is 16.5. The number of fused-ring (bicyclic) bond motifs is 2. The van der Waals surface area contributed by atoms with Crippen LogP contribution in [0.4, 0.5) is 0 Å². The van der Waals surface area contributed by atoms with E-state index in [1.54, 1.807) is 19.1 Å². The molecule has 3 aromatic rings. The average molecular weight is 436 g/mol. The monoisotopic (exact) mass is 436 g/mol. The normalized spacial score (nSPS) is 15.2. The zero-order valence-corrected chi connectivity index (χ0v) is 18.0. The summed E-state index contributed by atoms with van der Waals surface area (Å²) in [5, 5.41) is 41.6. The number of benzene rings is 2. The smallest absolute Gasteiger partial charge is 0.204 e. The van der Waals surface area contributed by atoms with Crippen LogP contribution in [0.2, 0.25) is 0 Å². The molecule has 166 valence electrons. The molecule has 2 heterocycles. The molecule has 4 N–H and O–H groups in total. The molecule has 0 fully saturated rings. The molecule has 0 unspecified atom stereocenters. The van der Waals surface area contributed by atoms with Crippen LogP contribution < -0.4 is 10.2 Å². The predicted octanol–water partition coefficient (Wildman–Crippen LogP) is 4.76. The van der Waals surface area contributed by atoms with Gasteiger partial charge in [0.05, 0.1) is 22.8 Å². The van der Waals surface area contributed by atoms with E-state index in [4.69, 9.17) is 9.15 Å². The Morgan fingerprint density at radius 3 is 2.56 bits per heavy atom. The van der Waals surface area contributed by atoms with E-state index in [1.807, 2.05) is 13.8 Å². The first-order chi connectivity index (χ1) is 15.0. The highest BCUT2D eigenvalue weighted by Crippen LogP contribution is 2.48. The molecule has 1 aliphatic heterocycles. The van der Waals surface area contributed by atoms with Crippen LogP contribution in [0.25, 0.3) is 28.2 Å². The van der Waals surface area contributed by atoms with E-state index in [-0.39, 0.29) is 62.6 Å². The van der Waals surface area contributed by atoms with E-state index in [0.29, 0.717) is 5.57 Å². The Morgan fingerprint density at radius 1 is 1.19 bits per heavy atom. The molecule has 1 atom stereocenters. The molecule has 0 aliphatic carbocycles. The van der Waals surface area contributed by atoms with E-state index >= 15 is 0 Å².